The molecule has 1 aromatic rings. The minimum Gasteiger partial charge on any atom is -0.497 e. The molecule has 0 spiro atoms. The smallest absolute Gasteiger partial charge is 0.334 e. The second kappa shape index (κ2) is 7.27. The Hall–Kier alpha value is -2.07. The van der Waals surface area contributed by atoms with Gasteiger partial charge in [0.1, 0.15) is 18.0 Å². The van der Waals surface area contributed by atoms with Gasteiger partial charge in [0, 0.05) is 11.5 Å². The third-order valence-corrected chi connectivity index (χ3v) is 3.75. The van der Waals surface area contributed by atoms with E-state index in [0.717, 1.165) is 11.3 Å². The lowest BCUT2D eigenvalue weighted by Crippen LogP contribution is -2.34. The van der Waals surface area contributed by atoms with E-state index in [1.165, 1.54) is 0 Å². The molecule has 0 saturated carbocycles. The van der Waals surface area contributed by atoms with E-state index >= 15 is 0 Å². The highest BCUT2D eigenvalue weighted by Gasteiger charge is 2.31. The predicted molar refractivity (Wildman–Crippen MR) is 84.6 cm³/mol. The molecule has 4 nitrogen and oxygen atoms in total. The highest BCUT2D eigenvalue weighted by Crippen LogP contribution is 2.24. The quantitative estimate of drug-likeness (QED) is 0.618. The summed E-state index contributed by atoms with van der Waals surface area (Å²) in [6, 6.07) is 7.70. The van der Waals surface area contributed by atoms with Crippen LogP contribution in [0.25, 0.3) is 0 Å². The summed E-state index contributed by atoms with van der Waals surface area (Å²) in [5.74, 6) is 0.558. The Labute approximate surface area is 131 Å². The second-order valence-corrected chi connectivity index (χ2v) is 5.44. The fourth-order valence-corrected chi connectivity index (χ4v) is 2.48. The SMILES string of the molecule is C=C[C@H]1OC(=O)C(C)=C[C@@H](C)[C@@H]1OCc1ccc(OC)cc1. The van der Waals surface area contributed by atoms with Gasteiger partial charge in [0.05, 0.1) is 13.7 Å². The number of hydrogen-bond donors (Lipinski definition) is 0. The summed E-state index contributed by atoms with van der Waals surface area (Å²) in [6.45, 7) is 7.96. The molecule has 1 aliphatic rings. The van der Waals surface area contributed by atoms with Crippen LogP contribution in [-0.4, -0.2) is 25.3 Å². The number of rotatable bonds is 5. The molecule has 22 heavy (non-hydrogen) atoms. The van der Waals surface area contributed by atoms with Gasteiger partial charge < -0.3 is 14.2 Å². The van der Waals surface area contributed by atoms with Crippen molar-refractivity contribution in [3.63, 3.8) is 0 Å². The average molecular weight is 302 g/mol. The van der Waals surface area contributed by atoms with Gasteiger partial charge in [-0.1, -0.05) is 31.7 Å². The normalized spacial score (nSPS) is 25.0. The zero-order valence-corrected chi connectivity index (χ0v) is 13.2. The van der Waals surface area contributed by atoms with Gasteiger partial charge in [-0.2, -0.15) is 0 Å². The summed E-state index contributed by atoms with van der Waals surface area (Å²) < 4.78 is 16.5. The average Bonchev–Trinajstić information content (AvgIpc) is 2.63. The van der Waals surface area contributed by atoms with Crippen LogP contribution in [0.1, 0.15) is 19.4 Å². The van der Waals surface area contributed by atoms with E-state index in [9.17, 15) is 4.79 Å². The van der Waals surface area contributed by atoms with Crippen molar-refractivity contribution >= 4 is 5.97 Å². The molecule has 1 heterocycles. The largest absolute Gasteiger partial charge is 0.497 e. The van der Waals surface area contributed by atoms with Crippen molar-refractivity contribution in [1.82, 2.24) is 0 Å². The number of esters is 1. The molecule has 118 valence electrons. The minimum atomic E-state index is -0.450. The van der Waals surface area contributed by atoms with Crippen LogP contribution in [0.4, 0.5) is 0 Å². The van der Waals surface area contributed by atoms with E-state index in [2.05, 4.69) is 6.58 Å². The fourth-order valence-electron chi connectivity index (χ4n) is 2.48. The molecule has 1 aromatic carbocycles. The standard InChI is InChI=1S/C18H22O4/c1-5-16-17(12(2)10-13(3)18(19)22-16)21-11-14-6-8-15(20-4)9-7-14/h5-10,12,16-17H,1,11H2,2-4H3/t12-,16-,17+/m1/s1. The molecule has 4 heteroatoms. The maximum absolute atomic E-state index is 11.8. The molecule has 0 bridgehead atoms. The molecule has 0 amide bonds. The molecule has 1 aliphatic heterocycles. The van der Waals surface area contributed by atoms with Crippen LogP contribution in [0.5, 0.6) is 5.75 Å². The molecule has 3 atom stereocenters. The van der Waals surface area contributed by atoms with Gasteiger partial charge in [-0.15, -0.1) is 0 Å². The van der Waals surface area contributed by atoms with Crippen molar-refractivity contribution < 1.29 is 19.0 Å². The Morgan fingerprint density at radius 2 is 2.00 bits per heavy atom. The topological polar surface area (TPSA) is 44.8 Å². The van der Waals surface area contributed by atoms with Crippen molar-refractivity contribution in [2.24, 2.45) is 5.92 Å². The molecular weight excluding hydrogens is 280 g/mol. The molecular formula is C18H22O4. The van der Waals surface area contributed by atoms with Crippen molar-refractivity contribution in [2.75, 3.05) is 7.11 Å². The Balaban J connectivity index is 2.07. The highest BCUT2D eigenvalue weighted by atomic mass is 16.6. The molecule has 2 rings (SSSR count). The fraction of sp³-hybridized carbons (Fsp3) is 0.389. The monoisotopic (exact) mass is 302 g/mol. The van der Waals surface area contributed by atoms with Crippen LogP contribution in [0.15, 0.2) is 48.6 Å². The van der Waals surface area contributed by atoms with E-state index in [4.69, 9.17) is 14.2 Å². The number of carbonyl (C=O) groups is 1. The molecule has 0 saturated heterocycles. The van der Waals surface area contributed by atoms with E-state index in [1.807, 2.05) is 37.3 Å². The Morgan fingerprint density at radius 1 is 1.32 bits per heavy atom. The zero-order chi connectivity index (χ0) is 16.1. The number of hydrogen-bond acceptors (Lipinski definition) is 4. The summed E-state index contributed by atoms with van der Waals surface area (Å²) in [5, 5.41) is 0. The number of benzene rings is 1. The van der Waals surface area contributed by atoms with Crippen LogP contribution < -0.4 is 4.74 Å². The third-order valence-electron chi connectivity index (χ3n) is 3.75. The van der Waals surface area contributed by atoms with Crippen molar-refractivity contribution in [1.29, 1.82) is 0 Å². The second-order valence-electron chi connectivity index (χ2n) is 5.44. The summed E-state index contributed by atoms with van der Waals surface area (Å²) in [7, 11) is 1.64. The van der Waals surface area contributed by atoms with Crippen molar-refractivity contribution in [2.45, 2.75) is 32.7 Å². The summed E-state index contributed by atoms with van der Waals surface area (Å²) in [6.07, 6.45) is 2.82. The Bertz CT molecular complexity index is 559. The summed E-state index contributed by atoms with van der Waals surface area (Å²) in [4.78, 5) is 11.8. The number of carbonyl (C=O) groups excluding carboxylic acids is 1. The number of cyclic esters (lactones) is 1. The van der Waals surface area contributed by atoms with E-state index in [-0.39, 0.29) is 18.0 Å². The number of methoxy groups -OCH3 is 1. The lowest BCUT2D eigenvalue weighted by atomic mass is 9.98. The van der Waals surface area contributed by atoms with Gasteiger partial charge in [-0.05, 0) is 30.7 Å². The molecule has 0 radical (unpaired) electrons. The van der Waals surface area contributed by atoms with Crippen LogP contribution >= 0.6 is 0 Å². The molecule has 0 aliphatic carbocycles. The molecule has 0 aromatic heterocycles. The van der Waals surface area contributed by atoms with Gasteiger partial charge >= 0.3 is 5.97 Å². The first-order valence-corrected chi connectivity index (χ1v) is 7.31. The minimum absolute atomic E-state index is 0.0627. The first-order chi connectivity index (χ1) is 10.5. The Kier molecular flexibility index (Phi) is 5.39. The zero-order valence-electron chi connectivity index (χ0n) is 13.2. The first kappa shape index (κ1) is 16.3. The molecule has 0 N–H and O–H groups in total. The lowest BCUT2D eigenvalue weighted by Gasteiger charge is -2.26. The van der Waals surface area contributed by atoms with Gasteiger partial charge in [0.25, 0.3) is 0 Å². The van der Waals surface area contributed by atoms with Gasteiger partial charge in [0.2, 0.25) is 0 Å². The van der Waals surface area contributed by atoms with Gasteiger partial charge in [-0.25, -0.2) is 4.79 Å². The summed E-state index contributed by atoms with van der Waals surface area (Å²) >= 11 is 0. The molecule has 0 fully saturated rings. The van der Waals surface area contributed by atoms with Crippen LogP contribution in [-0.2, 0) is 20.9 Å². The van der Waals surface area contributed by atoms with Gasteiger partial charge in [0.15, 0.2) is 0 Å². The van der Waals surface area contributed by atoms with E-state index in [0.29, 0.717) is 12.2 Å². The van der Waals surface area contributed by atoms with E-state index < -0.39 is 6.10 Å². The maximum Gasteiger partial charge on any atom is 0.334 e. The molecule has 0 unspecified atom stereocenters. The van der Waals surface area contributed by atoms with Gasteiger partial charge in [-0.3, -0.25) is 0 Å². The van der Waals surface area contributed by atoms with Crippen LogP contribution in [0.2, 0.25) is 0 Å². The maximum atomic E-state index is 11.8. The Morgan fingerprint density at radius 3 is 2.59 bits per heavy atom. The lowest BCUT2D eigenvalue weighted by molar-refractivity contribution is -0.149. The summed E-state index contributed by atoms with van der Waals surface area (Å²) in [5.41, 5.74) is 1.64. The first-order valence-electron chi connectivity index (χ1n) is 7.31. The third kappa shape index (κ3) is 3.77. The predicted octanol–water partition coefficient (Wildman–Crippen LogP) is 3.27. The van der Waals surface area contributed by atoms with Crippen LogP contribution in [0, 0.1) is 5.92 Å². The van der Waals surface area contributed by atoms with Crippen molar-refractivity contribution in [3.8, 4) is 5.75 Å². The van der Waals surface area contributed by atoms with Crippen molar-refractivity contribution in [3.05, 3.63) is 54.1 Å². The number of ether oxygens (including phenoxy) is 3. The van der Waals surface area contributed by atoms with Crippen LogP contribution in [0.3, 0.4) is 0 Å². The highest BCUT2D eigenvalue weighted by molar-refractivity contribution is 5.88. The van der Waals surface area contributed by atoms with E-state index in [1.54, 1.807) is 20.1 Å².